The molecule has 0 radical (unpaired) electrons. The van der Waals surface area contributed by atoms with Crippen molar-refractivity contribution in [2.75, 3.05) is 0 Å². The first-order valence-corrected chi connectivity index (χ1v) is 19.2. The number of para-hydroxylation sites is 3. The highest BCUT2D eigenvalue weighted by Gasteiger charge is 1.80. The van der Waals surface area contributed by atoms with Crippen molar-refractivity contribution in [1.29, 1.82) is 0 Å². The van der Waals surface area contributed by atoms with Gasteiger partial charge in [0.25, 0.3) is 0 Å². The first-order chi connectivity index (χ1) is 24.9. The molecule has 0 fully saturated rings. The van der Waals surface area contributed by atoms with E-state index < -0.39 is 0 Å². The fourth-order valence-corrected chi connectivity index (χ4v) is 2.38. The molecular weight excluding hydrogens is 625 g/mol. The lowest BCUT2D eigenvalue weighted by Gasteiger charge is -1.89. The molecule has 0 amide bonds. The molecule has 5 rings (SSSR count). The first-order valence-electron chi connectivity index (χ1n) is 19.2. The molecule has 0 atom stereocenters. The average Bonchev–Trinajstić information content (AvgIpc) is 3.22. The summed E-state index contributed by atoms with van der Waals surface area (Å²) in [7, 11) is 0. The molecule has 5 aromatic rings. The minimum Gasteiger partial charge on any atom is -0.508 e. The summed E-state index contributed by atoms with van der Waals surface area (Å²) in [6.45, 7) is 30.7. The maximum atomic E-state index is 8.63. The zero-order valence-electron chi connectivity index (χ0n) is 35.5. The van der Waals surface area contributed by atoms with Crippen LogP contribution in [0.2, 0.25) is 0 Å². The summed E-state index contributed by atoms with van der Waals surface area (Å²) in [6.07, 6.45) is 3.64. The van der Waals surface area contributed by atoms with Crippen molar-refractivity contribution in [1.82, 2.24) is 0 Å². The Kier molecular flexibility index (Phi) is 81.8. The Balaban J connectivity index is -0.0000000864. The molecule has 3 N–H and O–H groups in total. The molecule has 0 aliphatic carbocycles. The highest BCUT2D eigenvalue weighted by atomic mass is 16.3. The zero-order chi connectivity index (χ0) is 40.8. The summed E-state index contributed by atoms with van der Waals surface area (Å²) in [5, 5.41) is 25.9. The fourth-order valence-electron chi connectivity index (χ4n) is 2.38. The Labute approximate surface area is 318 Å². The minimum atomic E-state index is 0.322. The fraction of sp³-hybridized carbons (Fsp3) is 0.375. The van der Waals surface area contributed by atoms with E-state index in [4.69, 9.17) is 15.3 Å². The maximum absolute atomic E-state index is 8.63. The Bertz CT molecular complexity index is 986. The van der Waals surface area contributed by atoms with Crippen LogP contribution < -0.4 is 0 Å². The second-order valence-electron chi connectivity index (χ2n) is 8.41. The number of hydrogen-bond donors (Lipinski definition) is 3. The molecule has 0 spiro atoms. The lowest BCUT2D eigenvalue weighted by atomic mass is 10.2. The molecule has 290 valence electrons. The largest absolute Gasteiger partial charge is 0.508 e. The molecule has 0 saturated heterocycles. The highest BCUT2D eigenvalue weighted by Crippen LogP contribution is 2.04. The minimum absolute atomic E-state index is 0.322. The molecule has 0 unspecified atom stereocenters. The second-order valence-corrected chi connectivity index (χ2v) is 8.41. The topological polar surface area (TPSA) is 60.7 Å². The number of phenols is 3. The number of rotatable bonds is 1. The SMILES string of the molecule is CC.CC.CC.CC.CC.CCC.CCC.CCc1ccccc1.Oc1ccccc1.Oc1ccccc1.Oc1ccccc1.c1ccccc1. The Morgan fingerprint density at radius 2 is 0.412 bits per heavy atom. The second kappa shape index (κ2) is 67.6. The standard InChI is InChI=1S/C8H10.3C6H6O.C6H6.2C3H8.5C2H6/c1-2-8-6-4-3-5-7-8;3*7-6-4-2-1-3-5-6;1-2-4-6-5-3-1;2*1-3-2;5*1-2/h3-7H,2H2,1H3;3*1-5,7H;1-6H;2*3H2,1-2H3;5*1-2H3. The van der Waals surface area contributed by atoms with Gasteiger partial charge in [-0.3, -0.25) is 0 Å². The van der Waals surface area contributed by atoms with E-state index >= 15 is 0 Å². The van der Waals surface area contributed by atoms with Crippen LogP contribution in [-0.4, -0.2) is 15.3 Å². The van der Waals surface area contributed by atoms with Gasteiger partial charge in [0, 0.05) is 0 Å². The lowest BCUT2D eigenvalue weighted by Crippen LogP contribution is -1.73. The van der Waals surface area contributed by atoms with Crippen LogP contribution in [0.1, 0.15) is 122 Å². The van der Waals surface area contributed by atoms with Gasteiger partial charge in [0.15, 0.2) is 0 Å². The van der Waals surface area contributed by atoms with Crippen LogP contribution >= 0.6 is 0 Å². The molecule has 0 saturated carbocycles. The van der Waals surface area contributed by atoms with Gasteiger partial charge in [-0.1, -0.05) is 238 Å². The summed E-state index contributed by atoms with van der Waals surface area (Å²) < 4.78 is 0. The van der Waals surface area contributed by atoms with Crippen LogP contribution in [0.5, 0.6) is 17.2 Å². The van der Waals surface area contributed by atoms with E-state index in [1.165, 1.54) is 18.4 Å². The predicted molar refractivity (Wildman–Crippen MR) is 235 cm³/mol. The van der Waals surface area contributed by atoms with Gasteiger partial charge in [-0.15, -0.1) is 0 Å². The molecule has 5 aromatic carbocycles. The van der Waals surface area contributed by atoms with Crippen molar-refractivity contribution < 1.29 is 15.3 Å². The van der Waals surface area contributed by atoms with Crippen molar-refractivity contribution in [3.8, 4) is 17.2 Å². The number of phenolic OH excluding ortho intramolecular Hbond substituents is 3. The van der Waals surface area contributed by atoms with Gasteiger partial charge >= 0.3 is 0 Å². The summed E-state index contributed by atoms with van der Waals surface area (Å²) in [5.74, 6) is 0.965. The molecule has 3 heteroatoms. The Morgan fingerprint density at radius 3 is 0.510 bits per heavy atom. The Morgan fingerprint density at radius 1 is 0.275 bits per heavy atom. The van der Waals surface area contributed by atoms with Gasteiger partial charge < -0.3 is 15.3 Å². The normalized spacial score (nSPS) is 7.20. The van der Waals surface area contributed by atoms with Crippen LogP contribution in [0.15, 0.2) is 158 Å². The quantitative estimate of drug-likeness (QED) is 0.163. The van der Waals surface area contributed by atoms with Gasteiger partial charge in [-0.25, -0.2) is 0 Å². The van der Waals surface area contributed by atoms with Crippen LogP contribution in [0, 0.1) is 0 Å². The van der Waals surface area contributed by atoms with Crippen LogP contribution in [0.3, 0.4) is 0 Å². The van der Waals surface area contributed by atoms with E-state index in [0.717, 1.165) is 6.42 Å². The van der Waals surface area contributed by atoms with Gasteiger partial charge in [-0.05, 0) is 48.4 Å². The van der Waals surface area contributed by atoms with Crippen molar-refractivity contribution in [3.63, 3.8) is 0 Å². The van der Waals surface area contributed by atoms with Crippen molar-refractivity contribution in [2.24, 2.45) is 0 Å². The van der Waals surface area contributed by atoms with Gasteiger partial charge in [0.1, 0.15) is 17.2 Å². The van der Waals surface area contributed by atoms with E-state index in [1.54, 1.807) is 72.8 Å². The number of aromatic hydroxyl groups is 3. The first kappa shape index (κ1) is 61.7. The monoisotopic (exact) mass is 705 g/mol. The third kappa shape index (κ3) is 68.3. The van der Waals surface area contributed by atoms with E-state index in [9.17, 15) is 0 Å². The van der Waals surface area contributed by atoms with E-state index in [1.807, 2.05) is 130 Å². The third-order valence-corrected chi connectivity index (χ3v) is 4.19. The average molecular weight is 705 g/mol. The van der Waals surface area contributed by atoms with Crippen molar-refractivity contribution in [2.45, 2.75) is 123 Å². The van der Waals surface area contributed by atoms with Crippen molar-refractivity contribution >= 4 is 0 Å². The molecule has 3 nitrogen and oxygen atoms in total. The van der Waals surface area contributed by atoms with Crippen LogP contribution in [-0.2, 0) is 6.42 Å². The molecule has 0 aliphatic rings. The number of benzene rings is 5. The molecule has 0 aliphatic heterocycles. The zero-order valence-corrected chi connectivity index (χ0v) is 35.5. The van der Waals surface area contributed by atoms with Gasteiger partial charge in [0.2, 0.25) is 0 Å². The molecule has 0 aromatic heterocycles. The van der Waals surface area contributed by atoms with Gasteiger partial charge in [-0.2, -0.15) is 0 Å². The van der Waals surface area contributed by atoms with Gasteiger partial charge in [0.05, 0.1) is 0 Å². The molecular formula is C48H80O3. The maximum Gasteiger partial charge on any atom is 0.115 e. The highest BCUT2D eigenvalue weighted by molar-refractivity contribution is 5.19. The predicted octanol–water partition coefficient (Wildman–Crippen LogP) is 16.1. The summed E-state index contributed by atoms with van der Waals surface area (Å²) >= 11 is 0. The number of hydrogen-bond acceptors (Lipinski definition) is 3. The van der Waals surface area contributed by atoms with Crippen molar-refractivity contribution in [3.05, 3.63) is 163 Å². The molecule has 0 bridgehead atoms. The molecule has 51 heavy (non-hydrogen) atoms. The summed E-state index contributed by atoms with van der Waals surface area (Å²) in [5.41, 5.74) is 1.41. The lowest BCUT2D eigenvalue weighted by molar-refractivity contribution is 0.475. The smallest absolute Gasteiger partial charge is 0.115 e. The van der Waals surface area contributed by atoms with E-state index in [-0.39, 0.29) is 0 Å². The van der Waals surface area contributed by atoms with E-state index in [2.05, 4.69) is 58.9 Å². The van der Waals surface area contributed by atoms with Crippen LogP contribution in [0.4, 0.5) is 0 Å². The molecule has 0 heterocycles. The number of aryl methyl sites for hydroxylation is 1. The summed E-state index contributed by atoms with van der Waals surface area (Å²) in [4.78, 5) is 0. The third-order valence-electron chi connectivity index (χ3n) is 4.19. The Hall–Kier alpha value is -4.50. The van der Waals surface area contributed by atoms with Crippen LogP contribution in [0.25, 0.3) is 0 Å². The summed E-state index contributed by atoms with van der Waals surface area (Å²) in [6, 6.07) is 48.6. The van der Waals surface area contributed by atoms with E-state index in [0.29, 0.717) is 17.2 Å².